The number of aryl methyl sites for hydroxylation is 4. The number of aromatic nitrogens is 1. The molecule has 0 aliphatic carbocycles. The summed E-state index contributed by atoms with van der Waals surface area (Å²) in [6.45, 7) is 12.6. The minimum Gasteiger partial charge on any atom is -0.338 e. The van der Waals surface area contributed by atoms with Crippen molar-refractivity contribution in [3.05, 3.63) is 39.4 Å². The summed E-state index contributed by atoms with van der Waals surface area (Å²) in [6, 6.07) is 3.77. The molecule has 2 rings (SSSR count). The van der Waals surface area contributed by atoms with Gasteiger partial charge < -0.3 is 10.6 Å². The lowest BCUT2D eigenvalue weighted by molar-refractivity contribution is 0.102. The Balaban J connectivity index is 2.05. The minimum absolute atomic E-state index is 0.215. The Morgan fingerprint density at radius 1 is 1.07 bits per heavy atom. The van der Waals surface area contributed by atoms with E-state index in [0.717, 1.165) is 28.8 Å². The fourth-order valence-corrected chi connectivity index (χ4v) is 3.68. The molecule has 3 amide bonds. The number of nitrogens with zero attached hydrogens (tertiary/aromatic N) is 1. The molecular formula is C20H28N4O2S. The van der Waals surface area contributed by atoms with Gasteiger partial charge in [0.2, 0.25) is 0 Å². The van der Waals surface area contributed by atoms with Gasteiger partial charge in [0.15, 0.2) is 5.13 Å². The number of nitrogens with one attached hydrogen (secondary N) is 3. The molecular weight excluding hydrogens is 360 g/mol. The number of hydrogen-bond donors (Lipinski definition) is 3. The Labute approximate surface area is 164 Å². The Kier molecular flexibility index (Phi) is 6.96. The smallest absolute Gasteiger partial charge is 0.321 e. The molecule has 6 nitrogen and oxygen atoms in total. The molecule has 1 aromatic carbocycles. The van der Waals surface area contributed by atoms with Gasteiger partial charge in [-0.15, -0.1) is 0 Å². The first-order valence-corrected chi connectivity index (χ1v) is 9.90. The highest BCUT2D eigenvalue weighted by Crippen LogP contribution is 2.26. The van der Waals surface area contributed by atoms with Crippen LogP contribution in [0.15, 0.2) is 12.1 Å². The highest BCUT2D eigenvalue weighted by molar-refractivity contribution is 7.17. The van der Waals surface area contributed by atoms with Gasteiger partial charge in [-0.3, -0.25) is 10.1 Å². The molecule has 0 atom stereocenters. The zero-order valence-corrected chi connectivity index (χ0v) is 17.6. The molecule has 0 aliphatic rings. The molecule has 1 aromatic heterocycles. The standard InChI is InChI=1S/C20H28N4O2S/c1-11(2)7-8-21-19(26)24-20-22-15(6)17(27-20)18(25)23-16-13(4)9-12(3)10-14(16)5/h9-11H,7-8H2,1-6H3,(H,23,25)(H2,21,22,24,26). The van der Waals surface area contributed by atoms with Crippen LogP contribution in [-0.2, 0) is 0 Å². The third-order valence-corrected chi connectivity index (χ3v) is 5.22. The molecule has 3 N–H and O–H groups in total. The zero-order chi connectivity index (χ0) is 20.1. The van der Waals surface area contributed by atoms with Crippen molar-refractivity contribution >= 4 is 34.1 Å². The number of urea groups is 1. The summed E-state index contributed by atoms with van der Waals surface area (Å²) in [6.07, 6.45) is 0.910. The number of rotatable bonds is 6. The SMILES string of the molecule is Cc1cc(C)c(NC(=O)c2sc(NC(=O)NCCC(C)C)nc2C)c(C)c1. The number of anilines is 2. The van der Waals surface area contributed by atoms with Crippen molar-refractivity contribution < 1.29 is 9.59 Å². The van der Waals surface area contributed by atoms with E-state index >= 15 is 0 Å². The first kappa shape index (κ1) is 20.9. The van der Waals surface area contributed by atoms with E-state index in [1.54, 1.807) is 6.92 Å². The van der Waals surface area contributed by atoms with Crippen LogP contribution in [0.4, 0.5) is 15.6 Å². The fourth-order valence-electron chi connectivity index (χ4n) is 2.82. The maximum absolute atomic E-state index is 12.7. The average Bonchev–Trinajstić information content (AvgIpc) is 2.90. The summed E-state index contributed by atoms with van der Waals surface area (Å²) < 4.78 is 0. The average molecular weight is 389 g/mol. The molecule has 0 fully saturated rings. The first-order chi connectivity index (χ1) is 12.7. The van der Waals surface area contributed by atoms with E-state index in [1.807, 2.05) is 32.9 Å². The molecule has 0 aliphatic heterocycles. The summed E-state index contributed by atoms with van der Waals surface area (Å²) >= 11 is 1.17. The molecule has 7 heteroatoms. The maximum atomic E-state index is 12.7. The number of carbonyl (C=O) groups excluding carboxylic acids is 2. The lowest BCUT2D eigenvalue weighted by atomic mass is 10.1. The Bertz CT molecular complexity index is 819. The molecule has 2 aromatic rings. The van der Waals surface area contributed by atoms with Gasteiger partial charge in [-0.2, -0.15) is 0 Å². The Morgan fingerprint density at radius 2 is 1.70 bits per heavy atom. The minimum atomic E-state index is -0.304. The van der Waals surface area contributed by atoms with E-state index in [-0.39, 0.29) is 11.9 Å². The Morgan fingerprint density at radius 3 is 2.30 bits per heavy atom. The van der Waals surface area contributed by atoms with Crippen LogP contribution in [0.3, 0.4) is 0 Å². The summed E-state index contributed by atoms with van der Waals surface area (Å²) in [5, 5.41) is 8.89. The topological polar surface area (TPSA) is 83.1 Å². The van der Waals surface area contributed by atoms with E-state index in [0.29, 0.717) is 28.2 Å². The fraction of sp³-hybridized carbons (Fsp3) is 0.450. The second-order valence-corrected chi connectivity index (χ2v) is 8.22. The number of thiazole rings is 1. The van der Waals surface area contributed by atoms with Crippen molar-refractivity contribution in [2.45, 2.75) is 48.0 Å². The van der Waals surface area contributed by atoms with Gasteiger partial charge in [-0.05, 0) is 51.2 Å². The third kappa shape index (κ3) is 5.79. The third-order valence-electron chi connectivity index (χ3n) is 4.15. The van der Waals surface area contributed by atoms with Crippen LogP contribution in [0.25, 0.3) is 0 Å². The maximum Gasteiger partial charge on any atom is 0.321 e. The van der Waals surface area contributed by atoms with Gasteiger partial charge in [-0.25, -0.2) is 9.78 Å². The monoisotopic (exact) mass is 388 g/mol. The molecule has 0 radical (unpaired) electrons. The van der Waals surface area contributed by atoms with Crippen LogP contribution in [0.5, 0.6) is 0 Å². The summed E-state index contributed by atoms with van der Waals surface area (Å²) in [5.41, 5.74) is 4.61. The predicted octanol–water partition coefficient (Wildman–Crippen LogP) is 4.80. The molecule has 0 spiro atoms. The van der Waals surface area contributed by atoms with Crippen LogP contribution in [0.1, 0.15) is 52.3 Å². The number of hydrogen-bond acceptors (Lipinski definition) is 4. The zero-order valence-electron chi connectivity index (χ0n) is 16.8. The van der Waals surface area contributed by atoms with E-state index in [2.05, 4.69) is 34.8 Å². The lowest BCUT2D eigenvalue weighted by Gasteiger charge is -2.12. The van der Waals surface area contributed by atoms with Crippen LogP contribution in [0.2, 0.25) is 0 Å². The van der Waals surface area contributed by atoms with Crippen molar-refractivity contribution in [2.24, 2.45) is 5.92 Å². The van der Waals surface area contributed by atoms with Crippen molar-refractivity contribution in [1.82, 2.24) is 10.3 Å². The highest BCUT2D eigenvalue weighted by atomic mass is 32.1. The number of amides is 3. The molecule has 0 saturated carbocycles. The Hall–Kier alpha value is -2.41. The largest absolute Gasteiger partial charge is 0.338 e. The summed E-state index contributed by atoms with van der Waals surface area (Å²) in [4.78, 5) is 29.4. The molecule has 146 valence electrons. The highest BCUT2D eigenvalue weighted by Gasteiger charge is 2.18. The lowest BCUT2D eigenvalue weighted by Crippen LogP contribution is -2.30. The number of benzene rings is 1. The van der Waals surface area contributed by atoms with E-state index in [1.165, 1.54) is 11.3 Å². The van der Waals surface area contributed by atoms with Crippen LogP contribution in [-0.4, -0.2) is 23.5 Å². The van der Waals surface area contributed by atoms with Gasteiger partial charge in [0.1, 0.15) is 4.88 Å². The number of carbonyl (C=O) groups is 2. The normalized spacial score (nSPS) is 10.8. The van der Waals surface area contributed by atoms with E-state index in [9.17, 15) is 9.59 Å². The van der Waals surface area contributed by atoms with Crippen molar-refractivity contribution in [3.8, 4) is 0 Å². The van der Waals surface area contributed by atoms with Gasteiger partial charge in [-0.1, -0.05) is 42.9 Å². The van der Waals surface area contributed by atoms with Gasteiger partial charge >= 0.3 is 6.03 Å². The van der Waals surface area contributed by atoms with Gasteiger partial charge in [0, 0.05) is 12.2 Å². The van der Waals surface area contributed by atoms with Crippen molar-refractivity contribution in [2.75, 3.05) is 17.2 Å². The first-order valence-electron chi connectivity index (χ1n) is 9.08. The molecule has 27 heavy (non-hydrogen) atoms. The summed E-state index contributed by atoms with van der Waals surface area (Å²) in [5.74, 6) is 0.310. The second-order valence-electron chi connectivity index (χ2n) is 7.22. The van der Waals surface area contributed by atoms with Crippen LogP contribution in [0, 0.1) is 33.6 Å². The second kappa shape index (κ2) is 8.99. The van der Waals surface area contributed by atoms with E-state index < -0.39 is 0 Å². The predicted molar refractivity (Wildman–Crippen MR) is 112 cm³/mol. The van der Waals surface area contributed by atoms with E-state index in [4.69, 9.17) is 0 Å². The quantitative estimate of drug-likeness (QED) is 0.665. The molecule has 1 heterocycles. The molecule has 0 saturated heterocycles. The molecule has 0 bridgehead atoms. The van der Waals surface area contributed by atoms with Crippen molar-refractivity contribution in [3.63, 3.8) is 0 Å². The van der Waals surface area contributed by atoms with Gasteiger partial charge in [0.05, 0.1) is 5.69 Å². The molecule has 0 unspecified atom stereocenters. The van der Waals surface area contributed by atoms with Crippen LogP contribution >= 0.6 is 11.3 Å². The van der Waals surface area contributed by atoms with Crippen molar-refractivity contribution in [1.29, 1.82) is 0 Å². The summed E-state index contributed by atoms with van der Waals surface area (Å²) in [7, 11) is 0. The van der Waals surface area contributed by atoms with Crippen LogP contribution < -0.4 is 16.0 Å². The van der Waals surface area contributed by atoms with Gasteiger partial charge in [0.25, 0.3) is 5.91 Å².